The first-order chi connectivity index (χ1) is 5.74. The predicted octanol–water partition coefficient (Wildman–Crippen LogP) is 1.20. The molecule has 0 bridgehead atoms. The predicted molar refractivity (Wildman–Crippen MR) is 55.8 cm³/mol. The van der Waals surface area contributed by atoms with Crippen LogP contribution in [0.25, 0.3) is 0 Å². The van der Waals surface area contributed by atoms with Gasteiger partial charge in [0.15, 0.2) is 0 Å². The molecule has 0 saturated carbocycles. The van der Waals surface area contributed by atoms with Crippen molar-refractivity contribution >= 4 is 32.5 Å². The van der Waals surface area contributed by atoms with Crippen LogP contribution in [0.15, 0.2) is 36.9 Å². The van der Waals surface area contributed by atoms with Gasteiger partial charge in [0.05, 0.1) is 5.56 Å². The maximum absolute atomic E-state index is 10.4. The van der Waals surface area contributed by atoms with E-state index in [1.807, 2.05) is 0 Å². The molecule has 0 aromatic heterocycles. The molecule has 0 unspecified atom stereocenters. The fourth-order valence-electron chi connectivity index (χ4n) is 0.950. The molecule has 1 rings (SSSR count). The zero-order valence-electron chi connectivity index (χ0n) is 7.16. The topological polar surface area (TPSA) is 37.3 Å². The third-order valence-electron chi connectivity index (χ3n) is 1.58. The number of carboxylic acid groups (broad SMARTS) is 1. The van der Waals surface area contributed by atoms with Gasteiger partial charge in [-0.1, -0.05) is 18.2 Å². The van der Waals surface area contributed by atoms with Gasteiger partial charge in [0, 0.05) is 0 Å². The van der Waals surface area contributed by atoms with Gasteiger partial charge in [-0.05, 0) is 24.1 Å². The second kappa shape index (κ2) is 5.88. The Kier molecular flexibility index (Phi) is 5.58. The summed E-state index contributed by atoms with van der Waals surface area (Å²) in [6.45, 7) is 3.60. The van der Waals surface area contributed by atoms with Crippen molar-refractivity contribution in [2.24, 2.45) is 0 Å². The van der Waals surface area contributed by atoms with Crippen molar-refractivity contribution in [1.29, 1.82) is 0 Å². The second-order valence-corrected chi connectivity index (χ2v) is 2.49. The van der Waals surface area contributed by atoms with Crippen LogP contribution in [0.2, 0.25) is 0 Å². The standard InChI is InChI=1S/C10H10O2.Po.2H/c1-2-3-8-4-6-9(7-5-8)10(11)12;;;/h2,4-7H,1,3H2,(H,11,12);;;. The summed E-state index contributed by atoms with van der Waals surface area (Å²) in [6, 6.07) is 6.79. The number of benzene rings is 1. The number of aromatic carboxylic acids is 1. The first-order valence-corrected chi connectivity index (χ1v) is 3.67. The molecule has 0 radical (unpaired) electrons. The number of hydrogen-bond acceptors (Lipinski definition) is 1. The van der Waals surface area contributed by atoms with Gasteiger partial charge in [-0.3, -0.25) is 0 Å². The first kappa shape index (κ1) is 12.3. The van der Waals surface area contributed by atoms with Gasteiger partial charge in [0.25, 0.3) is 0 Å². The summed E-state index contributed by atoms with van der Waals surface area (Å²) in [4.78, 5) is 10.4. The van der Waals surface area contributed by atoms with E-state index in [9.17, 15) is 4.79 Å². The molecule has 0 spiro atoms. The first-order valence-electron chi connectivity index (χ1n) is 3.67. The Morgan fingerprint density at radius 2 is 1.92 bits per heavy atom. The molecule has 0 saturated heterocycles. The molecule has 2 nitrogen and oxygen atoms in total. The van der Waals surface area contributed by atoms with E-state index in [0.29, 0.717) is 5.56 Å². The summed E-state index contributed by atoms with van der Waals surface area (Å²) in [5, 5.41) is 8.59. The molecule has 1 N–H and O–H groups in total. The third-order valence-corrected chi connectivity index (χ3v) is 1.58. The van der Waals surface area contributed by atoms with Gasteiger partial charge in [0.2, 0.25) is 0 Å². The Labute approximate surface area is 96.7 Å². The van der Waals surface area contributed by atoms with Gasteiger partial charge in [-0.2, -0.15) is 0 Å². The molecule has 3 heteroatoms. The fraction of sp³-hybridized carbons (Fsp3) is 0.100. The number of carboxylic acids is 1. The van der Waals surface area contributed by atoms with Crippen LogP contribution in [0, 0.1) is 0 Å². The van der Waals surface area contributed by atoms with Gasteiger partial charge in [-0.25, -0.2) is 4.79 Å². The van der Waals surface area contributed by atoms with Crippen molar-refractivity contribution in [3.8, 4) is 0 Å². The molecule has 0 amide bonds. The van der Waals surface area contributed by atoms with E-state index in [-0.39, 0.29) is 26.6 Å². The summed E-state index contributed by atoms with van der Waals surface area (Å²) in [5.74, 6) is -0.889. The van der Waals surface area contributed by atoms with Crippen LogP contribution in [0.3, 0.4) is 0 Å². The molecular weight excluding hydrogens is 361 g/mol. The summed E-state index contributed by atoms with van der Waals surface area (Å²) < 4.78 is 0. The summed E-state index contributed by atoms with van der Waals surface area (Å²) in [6.07, 6.45) is 2.57. The molecule has 0 atom stereocenters. The van der Waals surface area contributed by atoms with Crippen LogP contribution >= 0.6 is 0 Å². The molecule has 0 aliphatic heterocycles. The number of carbonyl (C=O) groups is 1. The van der Waals surface area contributed by atoms with E-state index >= 15 is 0 Å². The fourth-order valence-corrected chi connectivity index (χ4v) is 0.950. The SMILES string of the molecule is C=CCc1ccc(C(=O)O)cc1.[PoH2]. The molecule has 0 heterocycles. The van der Waals surface area contributed by atoms with Crippen LogP contribution in [0.5, 0.6) is 0 Å². The zero-order chi connectivity index (χ0) is 8.97. The number of allylic oxidation sites excluding steroid dienone is 1. The molecule has 1 aromatic carbocycles. The van der Waals surface area contributed by atoms with E-state index in [4.69, 9.17) is 5.11 Å². The van der Waals surface area contributed by atoms with Gasteiger partial charge in [0.1, 0.15) is 0 Å². The Balaban J connectivity index is 0.00000144. The maximum atomic E-state index is 10.4. The molecular formula is C10H12O2Po. The van der Waals surface area contributed by atoms with Gasteiger partial charge >= 0.3 is 32.5 Å². The molecule has 0 aliphatic carbocycles. The summed E-state index contributed by atoms with van der Waals surface area (Å²) >= 11 is 0. The van der Waals surface area contributed by atoms with Crippen LogP contribution < -0.4 is 0 Å². The third kappa shape index (κ3) is 3.70. The molecule has 70 valence electrons. The average Bonchev–Trinajstić information content (AvgIpc) is 2.06. The van der Waals surface area contributed by atoms with E-state index in [2.05, 4.69) is 6.58 Å². The summed E-state index contributed by atoms with van der Waals surface area (Å²) in [7, 11) is 0. The quantitative estimate of drug-likeness (QED) is 0.809. The monoisotopic (exact) mass is 373 g/mol. The minimum atomic E-state index is -0.889. The molecule has 1 aromatic rings. The van der Waals surface area contributed by atoms with Crippen molar-refractivity contribution in [1.82, 2.24) is 0 Å². The normalized spacial score (nSPS) is 8.62. The Hall–Kier alpha value is -0.674. The van der Waals surface area contributed by atoms with Crippen LogP contribution in [0.4, 0.5) is 0 Å². The van der Waals surface area contributed by atoms with Crippen molar-refractivity contribution in [3.05, 3.63) is 48.0 Å². The Bertz CT molecular complexity index is 290. The number of rotatable bonds is 3. The van der Waals surface area contributed by atoms with Crippen molar-refractivity contribution in [2.75, 3.05) is 0 Å². The van der Waals surface area contributed by atoms with Crippen molar-refractivity contribution < 1.29 is 9.90 Å². The Morgan fingerprint density at radius 3 is 2.31 bits per heavy atom. The summed E-state index contributed by atoms with van der Waals surface area (Å²) in [5.41, 5.74) is 1.40. The van der Waals surface area contributed by atoms with Crippen LogP contribution in [-0.2, 0) is 6.42 Å². The van der Waals surface area contributed by atoms with Crippen molar-refractivity contribution in [3.63, 3.8) is 0 Å². The van der Waals surface area contributed by atoms with Crippen molar-refractivity contribution in [2.45, 2.75) is 6.42 Å². The molecule has 0 aliphatic rings. The van der Waals surface area contributed by atoms with E-state index in [0.717, 1.165) is 12.0 Å². The Morgan fingerprint density at radius 1 is 1.38 bits per heavy atom. The van der Waals surface area contributed by atoms with E-state index in [1.54, 1.807) is 30.3 Å². The average molecular weight is 373 g/mol. The molecule has 13 heavy (non-hydrogen) atoms. The molecule has 0 fully saturated rings. The van der Waals surface area contributed by atoms with Gasteiger partial charge < -0.3 is 5.11 Å². The number of hydrogen-bond donors (Lipinski definition) is 1. The minimum absolute atomic E-state index is 0. The van der Waals surface area contributed by atoms with Crippen LogP contribution in [0.1, 0.15) is 15.9 Å². The van der Waals surface area contributed by atoms with E-state index < -0.39 is 5.97 Å². The van der Waals surface area contributed by atoms with Crippen LogP contribution in [-0.4, -0.2) is 37.6 Å². The zero-order valence-corrected chi connectivity index (χ0v) is 11.0. The van der Waals surface area contributed by atoms with Gasteiger partial charge in [-0.15, -0.1) is 6.58 Å². The second-order valence-electron chi connectivity index (χ2n) is 2.49. The van der Waals surface area contributed by atoms with E-state index in [1.165, 1.54) is 0 Å².